The lowest BCUT2D eigenvalue weighted by atomic mass is 10.1. The lowest BCUT2D eigenvalue weighted by molar-refractivity contribution is 0.102. The summed E-state index contributed by atoms with van der Waals surface area (Å²) in [5.41, 5.74) is 1.23. The minimum absolute atomic E-state index is 0.148. The SMILES string of the molecule is CCNCCCNCC(OC)c1ccccc1. The first-order chi connectivity index (χ1) is 8.38. The molecule has 1 aromatic carbocycles. The van der Waals surface area contributed by atoms with Gasteiger partial charge in [0.15, 0.2) is 0 Å². The highest BCUT2D eigenvalue weighted by atomic mass is 16.5. The Hall–Kier alpha value is -0.900. The molecule has 96 valence electrons. The third kappa shape index (κ3) is 5.82. The summed E-state index contributed by atoms with van der Waals surface area (Å²) in [6, 6.07) is 10.3. The van der Waals surface area contributed by atoms with Crippen LogP contribution in [0.2, 0.25) is 0 Å². The molecule has 3 nitrogen and oxygen atoms in total. The van der Waals surface area contributed by atoms with Gasteiger partial charge >= 0.3 is 0 Å². The van der Waals surface area contributed by atoms with Crippen molar-refractivity contribution in [3.05, 3.63) is 35.9 Å². The molecule has 0 fully saturated rings. The summed E-state index contributed by atoms with van der Waals surface area (Å²) in [4.78, 5) is 0. The predicted molar refractivity (Wildman–Crippen MR) is 72.2 cm³/mol. The largest absolute Gasteiger partial charge is 0.375 e. The molecule has 1 aromatic rings. The van der Waals surface area contributed by atoms with Crippen LogP contribution in [0.4, 0.5) is 0 Å². The van der Waals surface area contributed by atoms with E-state index < -0.39 is 0 Å². The lowest BCUT2D eigenvalue weighted by Gasteiger charge is -2.16. The van der Waals surface area contributed by atoms with Crippen molar-refractivity contribution in [3.8, 4) is 0 Å². The average molecular weight is 236 g/mol. The number of ether oxygens (including phenoxy) is 1. The van der Waals surface area contributed by atoms with Crippen LogP contribution in [0.15, 0.2) is 30.3 Å². The minimum Gasteiger partial charge on any atom is -0.375 e. The van der Waals surface area contributed by atoms with Gasteiger partial charge in [0.05, 0.1) is 6.10 Å². The van der Waals surface area contributed by atoms with E-state index >= 15 is 0 Å². The maximum Gasteiger partial charge on any atom is 0.0945 e. The highest BCUT2D eigenvalue weighted by Crippen LogP contribution is 2.14. The average Bonchev–Trinajstić information content (AvgIpc) is 2.39. The zero-order valence-electron chi connectivity index (χ0n) is 10.9. The van der Waals surface area contributed by atoms with Crippen molar-refractivity contribution < 1.29 is 4.74 Å². The molecule has 0 saturated carbocycles. The second kappa shape index (κ2) is 9.16. The van der Waals surface area contributed by atoms with Crippen molar-refractivity contribution in [2.45, 2.75) is 19.4 Å². The second-order valence-electron chi connectivity index (χ2n) is 4.05. The Morgan fingerprint density at radius 1 is 1.12 bits per heavy atom. The van der Waals surface area contributed by atoms with E-state index in [9.17, 15) is 0 Å². The van der Waals surface area contributed by atoms with Crippen LogP contribution in [-0.2, 0) is 4.74 Å². The first-order valence-electron chi connectivity index (χ1n) is 6.37. The molecule has 0 aliphatic heterocycles. The van der Waals surface area contributed by atoms with Crippen molar-refractivity contribution in [1.82, 2.24) is 10.6 Å². The number of hydrogen-bond donors (Lipinski definition) is 2. The van der Waals surface area contributed by atoms with E-state index in [1.165, 1.54) is 5.56 Å². The zero-order valence-corrected chi connectivity index (χ0v) is 10.9. The van der Waals surface area contributed by atoms with Gasteiger partial charge in [-0.15, -0.1) is 0 Å². The van der Waals surface area contributed by atoms with E-state index in [0.717, 1.165) is 32.6 Å². The molecule has 1 unspecified atom stereocenters. The molecule has 0 spiro atoms. The molecule has 1 atom stereocenters. The standard InChI is InChI=1S/C14H24N2O/c1-3-15-10-7-11-16-12-14(17-2)13-8-5-4-6-9-13/h4-6,8-9,14-16H,3,7,10-12H2,1-2H3. The van der Waals surface area contributed by atoms with Gasteiger partial charge in [-0.05, 0) is 31.6 Å². The van der Waals surface area contributed by atoms with Crippen LogP contribution in [0.3, 0.4) is 0 Å². The van der Waals surface area contributed by atoms with Crippen LogP contribution in [-0.4, -0.2) is 33.3 Å². The lowest BCUT2D eigenvalue weighted by Crippen LogP contribution is -2.26. The number of rotatable bonds is 9. The maximum absolute atomic E-state index is 5.49. The molecule has 0 radical (unpaired) electrons. The number of nitrogens with one attached hydrogen (secondary N) is 2. The van der Waals surface area contributed by atoms with Gasteiger partial charge in [0.25, 0.3) is 0 Å². The first kappa shape index (κ1) is 14.2. The van der Waals surface area contributed by atoms with Crippen molar-refractivity contribution in [1.29, 1.82) is 0 Å². The summed E-state index contributed by atoms with van der Waals surface area (Å²) in [6.07, 6.45) is 1.30. The van der Waals surface area contributed by atoms with E-state index in [2.05, 4.69) is 29.7 Å². The van der Waals surface area contributed by atoms with Crippen molar-refractivity contribution in [2.75, 3.05) is 33.3 Å². The predicted octanol–water partition coefficient (Wildman–Crippen LogP) is 1.96. The number of hydrogen-bond acceptors (Lipinski definition) is 3. The molecule has 1 rings (SSSR count). The van der Waals surface area contributed by atoms with E-state index in [-0.39, 0.29) is 6.10 Å². The molecule has 3 heteroatoms. The molecule has 0 aliphatic carbocycles. The fourth-order valence-electron chi connectivity index (χ4n) is 1.75. The van der Waals surface area contributed by atoms with E-state index in [4.69, 9.17) is 4.74 Å². The second-order valence-corrected chi connectivity index (χ2v) is 4.05. The molecule has 0 heterocycles. The molecule has 0 saturated heterocycles. The molecule has 2 N–H and O–H groups in total. The summed E-state index contributed by atoms with van der Waals surface area (Å²) < 4.78 is 5.49. The Bertz CT molecular complexity index is 277. The minimum atomic E-state index is 0.148. The van der Waals surface area contributed by atoms with E-state index in [0.29, 0.717) is 0 Å². The fourth-order valence-corrected chi connectivity index (χ4v) is 1.75. The van der Waals surface area contributed by atoms with Crippen LogP contribution in [0.1, 0.15) is 25.0 Å². The molecule has 0 aromatic heterocycles. The molecular weight excluding hydrogens is 212 g/mol. The first-order valence-corrected chi connectivity index (χ1v) is 6.37. The molecular formula is C14H24N2O. The Labute approximate surface area is 105 Å². The van der Waals surface area contributed by atoms with Crippen LogP contribution in [0.5, 0.6) is 0 Å². The summed E-state index contributed by atoms with van der Waals surface area (Å²) in [5.74, 6) is 0. The Morgan fingerprint density at radius 3 is 2.47 bits per heavy atom. The van der Waals surface area contributed by atoms with E-state index in [1.54, 1.807) is 7.11 Å². The van der Waals surface area contributed by atoms with Crippen LogP contribution in [0.25, 0.3) is 0 Å². The monoisotopic (exact) mass is 236 g/mol. The van der Waals surface area contributed by atoms with Crippen molar-refractivity contribution >= 4 is 0 Å². The Kier molecular flexibility index (Phi) is 7.63. The third-order valence-electron chi connectivity index (χ3n) is 2.74. The summed E-state index contributed by atoms with van der Waals surface area (Å²) in [5, 5.41) is 6.74. The van der Waals surface area contributed by atoms with Gasteiger partial charge in [-0.1, -0.05) is 37.3 Å². The van der Waals surface area contributed by atoms with Gasteiger partial charge in [-0.2, -0.15) is 0 Å². The van der Waals surface area contributed by atoms with Crippen LogP contribution < -0.4 is 10.6 Å². The van der Waals surface area contributed by atoms with Crippen molar-refractivity contribution in [2.24, 2.45) is 0 Å². The van der Waals surface area contributed by atoms with Gasteiger partial charge < -0.3 is 15.4 Å². The highest BCUT2D eigenvalue weighted by Gasteiger charge is 2.08. The molecule has 0 amide bonds. The number of methoxy groups -OCH3 is 1. The van der Waals surface area contributed by atoms with Gasteiger partial charge in [0.1, 0.15) is 0 Å². The smallest absolute Gasteiger partial charge is 0.0945 e. The van der Waals surface area contributed by atoms with Gasteiger partial charge in [0.2, 0.25) is 0 Å². The maximum atomic E-state index is 5.49. The summed E-state index contributed by atoms with van der Waals surface area (Å²) in [6.45, 7) is 6.15. The summed E-state index contributed by atoms with van der Waals surface area (Å²) in [7, 11) is 1.76. The van der Waals surface area contributed by atoms with Gasteiger partial charge in [-0.3, -0.25) is 0 Å². The van der Waals surface area contributed by atoms with Gasteiger partial charge in [-0.25, -0.2) is 0 Å². The van der Waals surface area contributed by atoms with Crippen LogP contribution >= 0.6 is 0 Å². The van der Waals surface area contributed by atoms with Gasteiger partial charge in [0, 0.05) is 13.7 Å². The van der Waals surface area contributed by atoms with E-state index in [1.807, 2.05) is 18.2 Å². The highest BCUT2D eigenvalue weighted by molar-refractivity contribution is 5.17. The normalized spacial score (nSPS) is 12.6. The molecule has 0 aliphatic rings. The Morgan fingerprint density at radius 2 is 1.82 bits per heavy atom. The molecule has 17 heavy (non-hydrogen) atoms. The third-order valence-corrected chi connectivity index (χ3v) is 2.74. The summed E-state index contributed by atoms with van der Waals surface area (Å²) >= 11 is 0. The van der Waals surface area contributed by atoms with Crippen molar-refractivity contribution in [3.63, 3.8) is 0 Å². The zero-order chi connectivity index (χ0) is 12.3. The quantitative estimate of drug-likeness (QED) is 0.643. The molecule has 0 bridgehead atoms. The Balaban J connectivity index is 2.20. The number of benzene rings is 1. The van der Waals surface area contributed by atoms with Crippen LogP contribution in [0, 0.1) is 0 Å². The fraction of sp³-hybridized carbons (Fsp3) is 0.571. The topological polar surface area (TPSA) is 33.3 Å².